The Morgan fingerprint density at radius 3 is 2.53 bits per heavy atom. The van der Waals surface area contributed by atoms with Crippen LogP contribution in [0.4, 0.5) is 10.3 Å². The summed E-state index contributed by atoms with van der Waals surface area (Å²) >= 11 is 0. The van der Waals surface area contributed by atoms with E-state index < -0.39 is 11.7 Å². The largest absolute Gasteiger partial charge is 0.497 e. The van der Waals surface area contributed by atoms with Crippen LogP contribution in [0, 0.1) is 5.82 Å². The average Bonchev–Trinajstić information content (AvgIpc) is 3.23. The molecule has 0 unspecified atom stereocenters. The highest BCUT2D eigenvalue weighted by Crippen LogP contribution is 2.19. The Morgan fingerprint density at radius 2 is 1.87 bits per heavy atom. The van der Waals surface area contributed by atoms with Crippen molar-refractivity contribution >= 4 is 11.9 Å². The summed E-state index contributed by atoms with van der Waals surface area (Å²) < 4.78 is 19.6. The molecule has 0 amide bonds. The van der Waals surface area contributed by atoms with E-state index in [4.69, 9.17) is 4.74 Å². The third-order valence-corrected chi connectivity index (χ3v) is 4.42. The molecule has 8 heteroatoms. The van der Waals surface area contributed by atoms with Crippen LogP contribution >= 0.6 is 0 Å². The maximum atomic E-state index is 13.2. The molecule has 2 aromatic carbocycles. The fraction of sp³-hybridized carbons (Fsp3) is 0.0909. The predicted molar refractivity (Wildman–Crippen MR) is 110 cm³/mol. The number of ether oxygens (including phenoxy) is 1. The molecule has 0 fully saturated rings. The Balaban J connectivity index is 1.65. The summed E-state index contributed by atoms with van der Waals surface area (Å²) in [5.41, 5.74) is 1.95. The van der Waals surface area contributed by atoms with Gasteiger partial charge in [-0.15, -0.1) is 5.10 Å². The lowest BCUT2D eigenvalue weighted by Crippen LogP contribution is -2.17. The van der Waals surface area contributed by atoms with Crippen LogP contribution in [0.2, 0.25) is 0 Å². The lowest BCUT2D eigenvalue weighted by atomic mass is 10.2. The Morgan fingerprint density at radius 1 is 1.10 bits per heavy atom. The van der Waals surface area contributed by atoms with E-state index in [0.29, 0.717) is 23.5 Å². The summed E-state index contributed by atoms with van der Waals surface area (Å²) in [7, 11) is 1.61. The van der Waals surface area contributed by atoms with Crippen LogP contribution in [0.1, 0.15) is 15.9 Å². The molecule has 2 aromatic heterocycles. The fourth-order valence-corrected chi connectivity index (χ4v) is 2.82. The van der Waals surface area contributed by atoms with Crippen molar-refractivity contribution in [3.05, 3.63) is 90.0 Å². The summed E-state index contributed by atoms with van der Waals surface area (Å²) in [6, 6.07) is 16.4. The third kappa shape index (κ3) is 4.17. The number of pyridine rings is 1. The summed E-state index contributed by atoms with van der Waals surface area (Å²) in [6.07, 6.45) is 3.27. The zero-order chi connectivity index (χ0) is 20.9. The van der Waals surface area contributed by atoms with Gasteiger partial charge in [0.05, 0.1) is 7.11 Å². The van der Waals surface area contributed by atoms with Gasteiger partial charge in [0.1, 0.15) is 11.6 Å². The van der Waals surface area contributed by atoms with Gasteiger partial charge in [-0.2, -0.15) is 9.67 Å². The first-order valence-corrected chi connectivity index (χ1v) is 9.18. The SMILES string of the molecule is COc1ccc(CNc2nc(-c3cccnc3)nn2C(=O)c2ccc(F)cc2)cc1. The minimum absolute atomic E-state index is 0.277. The van der Waals surface area contributed by atoms with Crippen LogP contribution < -0.4 is 10.1 Å². The van der Waals surface area contributed by atoms with Crippen LogP contribution in [0.15, 0.2) is 73.1 Å². The van der Waals surface area contributed by atoms with Gasteiger partial charge >= 0.3 is 0 Å². The van der Waals surface area contributed by atoms with Gasteiger partial charge < -0.3 is 10.1 Å². The number of halogens is 1. The lowest BCUT2D eigenvalue weighted by molar-refractivity contribution is 0.0947. The Hall–Kier alpha value is -4.07. The number of nitrogens with zero attached hydrogens (tertiary/aromatic N) is 4. The van der Waals surface area contributed by atoms with Crippen molar-refractivity contribution in [1.82, 2.24) is 19.7 Å². The number of hydrogen-bond donors (Lipinski definition) is 1. The number of rotatable bonds is 6. The van der Waals surface area contributed by atoms with Crippen molar-refractivity contribution < 1.29 is 13.9 Å². The molecule has 0 aliphatic carbocycles. The van der Waals surface area contributed by atoms with E-state index in [0.717, 1.165) is 11.3 Å². The summed E-state index contributed by atoms with van der Waals surface area (Å²) in [5.74, 6) is 0.552. The Labute approximate surface area is 172 Å². The van der Waals surface area contributed by atoms with Crippen molar-refractivity contribution in [3.8, 4) is 17.1 Å². The Bertz CT molecular complexity index is 1140. The highest BCUT2D eigenvalue weighted by molar-refractivity contribution is 5.97. The number of hydrogen-bond acceptors (Lipinski definition) is 6. The van der Waals surface area contributed by atoms with Gasteiger partial charge in [0.2, 0.25) is 5.95 Å². The zero-order valence-corrected chi connectivity index (χ0v) is 16.1. The molecule has 0 aliphatic rings. The second-order valence-electron chi connectivity index (χ2n) is 6.43. The quantitative estimate of drug-likeness (QED) is 0.528. The fourth-order valence-electron chi connectivity index (χ4n) is 2.82. The zero-order valence-electron chi connectivity index (χ0n) is 16.1. The molecular weight excluding hydrogens is 385 g/mol. The number of methoxy groups -OCH3 is 1. The van der Waals surface area contributed by atoms with Gasteiger partial charge in [0.15, 0.2) is 5.82 Å². The smallest absolute Gasteiger partial charge is 0.281 e. The number of anilines is 1. The van der Waals surface area contributed by atoms with E-state index in [9.17, 15) is 9.18 Å². The van der Waals surface area contributed by atoms with Gasteiger partial charge in [-0.1, -0.05) is 12.1 Å². The number of carbonyl (C=O) groups excluding carboxylic acids is 1. The van der Waals surface area contributed by atoms with Crippen LogP contribution in [-0.2, 0) is 6.54 Å². The van der Waals surface area contributed by atoms with Crippen LogP contribution in [0.5, 0.6) is 5.75 Å². The monoisotopic (exact) mass is 403 g/mol. The number of carbonyl (C=O) groups is 1. The predicted octanol–water partition coefficient (Wildman–Crippen LogP) is 3.79. The normalized spacial score (nSPS) is 10.6. The van der Waals surface area contributed by atoms with Crippen molar-refractivity contribution in [2.45, 2.75) is 6.54 Å². The topological polar surface area (TPSA) is 81.9 Å². The van der Waals surface area contributed by atoms with Crippen molar-refractivity contribution in [2.24, 2.45) is 0 Å². The van der Waals surface area contributed by atoms with E-state index in [1.165, 1.54) is 28.9 Å². The van der Waals surface area contributed by atoms with Crippen LogP contribution in [0.3, 0.4) is 0 Å². The third-order valence-electron chi connectivity index (χ3n) is 4.42. The van der Waals surface area contributed by atoms with Crippen molar-refractivity contribution in [2.75, 3.05) is 12.4 Å². The van der Waals surface area contributed by atoms with E-state index in [2.05, 4.69) is 20.4 Å². The minimum atomic E-state index is -0.421. The van der Waals surface area contributed by atoms with Gasteiger partial charge in [-0.3, -0.25) is 9.78 Å². The molecule has 0 bridgehead atoms. The van der Waals surface area contributed by atoms with E-state index >= 15 is 0 Å². The second kappa shape index (κ2) is 8.52. The molecule has 2 heterocycles. The first-order valence-electron chi connectivity index (χ1n) is 9.18. The molecule has 0 spiro atoms. The first kappa shape index (κ1) is 19.3. The van der Waals surface area contributed by atoms with Crippen molar-refractivity contribution in [1.29, 1.82) is 0 Å². The molecule has 0 atom stereocenters. The summed E-state index contributed by atoms with van der Waals surface area (Å²) in [5, 5.41) is 7.51. The van der Waals surface area contributed by atoms with E-state index in [1.54, 1.807) is 25.6 Å². The van der Waals surface area contributed by atoms with E-state index in [1.807, 2.05) is 30.3 Å². The lowest BCUT2D eigenvalue weighted by Gasteiger charge is -2.08. The van der Waals surface area contributed by atoms with E-state index in [-0.39, 0.29) is 5.95 Å². The van der Waals surface area contributed by atoms with Gasteiger partial charge in [0, 0.05) is 30.1 Å². The number of aromatic nitrogens is 4. The molecule has 30 heavy (non-hydrogen) atoms. The van der Waals surface area contributed by atoms with Gasteiger partial charge in [0.25, 0.3) is 5.91 Å². The summed E-state index contributed by atoms with van der Waals surface area (Å²) in [6.45, 7) is 0.422. The maximum absolute atomic E-state index is 13.2. The van der Waals surface area contributed by atoms with Crippen molar-refractivity contribution in [3.63, 3.8) is 0 Å². The molecule has 0 saturated heterocycles. The first-order chi connectivity index (χ1) is 14.6. The maximum Gasteiger partial charge on any atom is 0.281 e. The number of nitrogens with one attached hydrogen (secondary N) is 1. The minimum Gasteiger partial charge on any atom is -0.497 e. The standard InChI is InChI=1S/C22H18FN5O2/c1-30-19-10-4-15(5-11-19)13-25-22-26-20(17-3-2-12-24-14-17)27-28(22)21(29)16-6-8-18(23)9-7-16/h2-12,14H,13H2,1H3,(H,25,26,27). The molecule has 0 saturated carbocycles. The number of benzene rings is 2. The molecule has 7 nitrogen and oxygen atoms in total. The second-order valence-corrected chi connectivity index (χ2v) is 6.43. The highest BCUT2D eigenvalue weighted by Gasteiger charge is 2.19. The molecule has 4 aromatic rings. The molecule has 1 N–H and O–H groups in total. The van der Waals surface area contributed by atoms with Crippen LogP contribution in [-0.4, -0.2) is 32.8 Å². The van der Waals surface area contributed by atoms with Gasteiger partial charge in [-0.05, 0) is 54.1 Å². The highest BCUT2D eigenvalue weighted by atomic mass is 19.1. The van der Waals surface area contributed by atoms with Crippen LogP contribution in [0.25, 0.3) is 11.4 Å². The summed E-state index contributed by atoms with van der Waals surface area (Å²) in [4.78, 5) is 21.5. The molecule has 0 radical (unpaired) electrons. The molecular formula is C22H18FN5O2. The van der Waals surface area contributed by atoms with Gasteiger partial charge in [-0.25, -0.2) is 4.39 Å². The molecule has 0 aliphatic heterocycles. The average molecular weight is 403 g/mol. The Kier molecular flexibility index (Phi) is 5.47. The molecule has 4 rings (SSSR count). The molecule has 150 valence electrons.